The van der Waals surface area contributed by atoms with Gasteiger partial charge in [0, 0.05) is 6.54 Å². The van der Waals surface area contributed by atoms with Gasteiger partial charge in [0.05, 0.1) is 10.9 Å². The summed E-state index contributed by atoms with van der Waals surface area (Å²) >= 11 is 0. The Balaban J connectivity index is 1.52. The molecule has 29 heavy (non-hydrogen) atoms. The fourth-order valence-corrected chi connectivity index (χ4v) is 4.54. The van der Waals surface area contributed by atoms with Gasteiger partial charge in [-0.2, -0.15) is 0 Å². The van der Waals surface area contributed by atoms with E-state index in [1.165, 1.54) is 23.3 Å². The molecule has 1 aliphatic rings. The predicted octanol–water partition coefficient (Wildman–Crippen LogP) is 3.34. The number of benzene rings is 2. The molecule has 0 aromatic heterocycles. The molecular formula is C22H28N2O4S. The third-order valence-electron chi connectivity index (χ3n) is 5.03. The molecule has 2 N–H and O–H groups in total. The molecule has 1 amide bonds. The molecule has 0 saturated heterocycles. The van der Waals surface area contributed by atoms with Crippen molar-refractivity contribution in [2.45, 2.75) is 50.0 Å². The summed E-state index contributed by atoms with van der Waals surface area (Å²) in [5.41, 5.74) is 2.46. The Morgan fingerprint density at radius 2 is 1.90 bits per heavy atom. The molecular weight excluding hydrogens is 388 g/mol. The number of hydrogen-bond donors (Lipinski definition) is 2. The fraction of sp³-hybridized carbons (Fsp3) is 0.409. The number of unbranched alkanes of at least 4 members (excludes halogenated alkanes) is 1. The lowest BCUT2D eigenvalue weighted by Gasteiger charge is -2.26. The third-order valence-corrected chi connectivity index (χ3v) is 6.51. The van der Waals surface area contributed by atoms with Crippen LogP contribution < -0.4 is 14.8 Å². The summed E-state index contributed by atoms with van der Waals surface area (Å²) in [5, 5.41) is 3.04. The maximum absolute atomic E-state index is 12.3. The number of aryl methyl sites for hydroxylation is 1. The molecule has 0 spiro atoms. The average molecular weight is 417 g/mol. The van der Waals surface area contributed by atoms with E-state index in [9.17, 15) is 13.2 Å². The van der Waals surface area contributed by atoms with Gasteiger partial charge < -0.3 is 10.1 Å². The predicted molar refractivity (Wildman–Crippen MR) is 112 cm³/mol. The van der Waals surface area contributed by atoms with Crippen molar-refractivity contribution < 1.29 is 17.9 Å². The molecule has 1 aliphatic carbocycles. The van der Waals surface area contributed by atoms with Gasteiger partial charge in [-0.25, -0.2) is 13.1 Å². The van der Waals surface area contributed by atoms with Gasteiger partial charge in [0.2, 0.25) is 10.0 Å². The van der Waals surface area contributed by atoms with E-state index in [4.69, 9.17) is 4.74 Å². The lowest BCUT2D eigenvalue weighted by molar-refractivity contribution is -0.123. The number of amides is 1. The summed E-state index contributed by atoms with van der Waals surface area (Å²) < 4.78 is 32.5. The van der Waals surface area contributed by atoms with Gasteiger partial charge in [0.15, 0.2) is 6.61 Å². The van der Waals surface area contributed by atoms with Gasteiger partial charge in [-0.3, -0.25) is 4.79 Å². The topological polar surface area (TPSA) is 84.5 Å². The first kappa shape index (κ1) is 21.3. The minimum Gasteiger partial charge on any atom is -0.484 e. The third kappa shape index (κ3) is 5.81. The molecule has 2 aromatic rings. The molecule has 3 rings (SSSR count). The minimum absolute atomic E-state index is 0.0118. The van der Waals surface area contributed by atoms with Crippen LogP contribution in [0.1, 0.15) is 49.8 Å². The molecule has 6 nitrogen and oxygen atoms in total. The number of fused-ring (bicyclic) bond motifs is 1. The van der Waals surface area contributed by atoms with E-state index in [1.807, 2.05) is 19.1 Å². The van der Waals surface area contributed by atoms with Crippen molar-refractivity contribution in [3.63, 3.8) is 0 Å². The highest BCUT2D eigenvalue weighted by atomic mass is 32.2. The van der Waals surface area contributed by atoms with Crippen LogP contribution in [0.2, 0.25) is 0 Å². The molecule has 0 aliphatic heterocycles. The highest BCUT2D eigenvalue weighted by molar-refractivity contribution is 7.89. The van der Waals surface area contributed by atoms with E-state index >= 15 is 0 Å². The van der Waals surface area contributed by atoms with Crippen LogP contribution in [0.5, 0.6) is 5.75 Å². The van der Waals surface area contributed by atoms with E-state index in [0.717, 1.165) is 32.1 Å². The van der Waals surface area contributed by atoms with Crippen LogP contribution >= 0.6 is 0 Å². The summed E-state index contributed by atoms with van der Waals surface area (Å²) in [4.78, 5) is 12.5. The summed E-state index contributed by atoms with van der Waals surface area (Å²) in [6.45, 7) is 2.31. The monoisotopic (exact) mass is 416 g/mol. The summed E-state index contributed by atoms with van der Waals surface area (Å²) in [6, 6.07) is 14.3. The average Bonchev–Trinajstić information content (AvgIpc) is 2.73. The Morgan fingerprint density at radius 1 is 1.14 bits per heavy atom. The SMILES string of the molecule is CCCCNS(=O)(=O)c1ccc(OCC(=O)NC2CCCc3ccccc32)cc1. The molecule has 0 radical (unpaired) electrons. The number of nitrogens with one attached hydrogen (secondary N) is 2. The molecule has 0 heterocycles. The van der Waals surface area contributed by atoms with Crippen LogP contribution in [0.25, 0.3) is 0 Å². The molecule has 0 bridgehead atoms. The van der Waals surface area contributed by atoms with Crippen LogP contribution in [-0.2, 0) is 21.2 Å². The van der Waals surface area contributed by atoms with Crippen LogP contribution in [-0.4, -0.2) is 27.5 Å². The van der Waals surface area contributed by atoms with Gasteiger partial charge in [-0.1, -0.05) is 37.6 Å². The summed E-state index contributed by atoms with van der Waals surface area (Å²) in [5.74, 6) is 0.265. The standard InChI is InChI=1S/C22H28N2O4S/c1-2-3-15-23-29(26,27)19-13-11-18(12-14-19)28-16-22(25)24-21-10-6-8-17-7-4-5-9-20(17)21/h4-5,7,9,11-14,21,23H,2-3,6,8,10,15-16H2,1H3,(H,24,25). The Labute approximate surface area is 172 Å². The van der Waals surface area contributed by atoms with Crippen LogP contribution in [0.4, 0.5) is 0 Å². The number of rotatable bonds is 9. The molecule has 1 atom stereocenters. The number of sulfonamides is 1. The van der Waals surface area contributed by atoms with Gasteiger partial charge in [0.25, 0.3) is 5.91 Å². The van der Waals surface area contributed by atoms with Crippen LogP contribution in [0, 0.1) is 0 Å². The summed E-state index contributed by atoms with van der Waals surface area (Å²) in [7, 11) is -3.51. The van der Waals surface area contributed by atoms with Crippen LogP contribution in [0.3, 0.4) is 0 Å². The number of carbonyl (C=O) groups excluding carboxylic acids is 1. The van der Waals surface area contributed by atoms with Crippen molar-refractivity contribution in [2.75, 3.05) is 13.2 Å². The second kappa shape index (κ2) is 9.89. The van der Waals surface area contributed by atoms with E-state index in [-0.39, 0.29) is 23.5 Å². The highest BCUT2D eigenvalue weighted by Gasteiger charge is 2.21. The zero-order valence-corrected chi connectivity index (χ0v) is 17.5. The Hall–Kier alpha value is -2.38. The molecule has 1 unspecified atom stereocenters. The van der Waals surface area contributed by atoms with Crippen LogP contribution in [0.15, 0.2) is 53.4 Å². The second-order valence-corrected chi connectivity index (χ2v) is 8.99. The molecule has 2 aromatic carbocycles. The van der Waals surface area contributed by atoms with Gasteiger partial charge in [-0.05, 0) is 61.1 Å². The molecule has 0 fully saturated rings. The quantitative estimate of drug-likeness (QED) is 0.614. The second-order valence-electron chi connectivity index (χ2n) is 7.22. The van der Waals surface area contributed by atoms with E-state index in [2.05, 4.69) is 22.2 Å². The number of hydrogen-bond acceptors (Lipinski definition) is 4. The van der Waals surface area contributed by atoms with Gasteiger partial charge in [0.1, 0.15) is 5.75 Å². The zero-order chi connectivity index (χ0) is 20.7. The van der Waals surface area contributed by atoms with Crippen molar-refractivity contribution in [2.24, 2.45) is 0 Å². The smallest absolute Gasteiger partial charge is 0.258 e. The first-order valence-corrected chi connectivity index (χ1v) is 11.6. The Bertz CT molecular complexity index is 926. The van der Waals surface area contributed by atoms with Crippen molar-refractivity contribution in [3.8, 4) is 5.75 Å². The number of ether oxygens (including phenoxy) is 1. The maximum atomic E-state index is 12.3. The lowest BCUT2D eigenvalue weighted by atomic mass is 9.88. The maximum Gasteiger partial charge on any atom is 0.258 e. The van der Waals surface area contributed by atoms with E-state index in [1.54, 1.807) is 12.1 Å². The molecule has 7 heteroatoms. The van der Waals surface area contributed by atoms with Gasteiger partial charge in [-0.15, -0.1) is 0 Å². The molecule has 156 valence electrons. The highest BCUT2D eigenvalue weighted by Crippen LogP contribution is 2.29. The first-order chi connectivity index (χ1) is 14.0. The molecule has 0 saturated carbocycles. The summed E-state index contributed by atoms with van der Waals surface area (Å²) in [6.07, 6.45) is 4.72. The van der Waals surface area contributed by atoms with Crippen molar-refractivity contribution in [1.29, 1.82) is 0 Å². The van der Waals surface area contributed by atoms with Crippen molar-refractivity contribution in [1.82, 2.24) is 10.0 Å². The van der Waals surface area contributed by atoms with E-state index in [0.29, 0.717) is 12.3 Å². The fourth-order valence-electron chi connectivity index (χ4n) is 3.47. The van der Waals surface area contributed by atoms with Crippen molar-refractivity contribution in [3.05, 3.63) is 59.7 Å². The first-order valence-electron chi connectivity index (χ1n) is 10.1. The lowest BCUT2D eigenvalue weighted by Crippen LogP contribution is -2.34. The Kier molecular flexibility index (Phi) is 7.28. The normalized spacial score (nSPS) is 16.1. The Morgan fingerprint density at radius 3 is 2.66 bits per heavy atom. The largest absolute Gasteiger partial charge is 0.484 e. The van der Waals surface area contributed by atoms with Gasteiger partial charge >= 0.3 is 0 Å². The zero-order valence-electron chi connectivity index (χ0n) is 16.7. The van der Waals surface area contributed by atoms with Crippen molar-refractivity contribution >= 4 is 15.9 Å². The van der Waals surface area contributed by atoms with E-state index < -0.39 is 10.0 Å². The minimum atomic E-state index is -3.51. The number of carbonyl (C=O) groups is 1.